The summed E-state index contributed by atoms with van der Waals surface area (Å²) in [7, 11) is 0. The van der Waals surface area contributed by atoms with Gasteiger partial charge in [0.15, 0.2) is 0 Å². The van der Waals surface area contributed by atoms with Crippen molar-refractivity contribution in [2.24, 2.45) is 11.8 Å². The van der Waals surface area contributed by atoms with Gasteiger partial charge < -0.3 is 15.1 Å². The Kier molecular flexibility index (Phi) is 8.04. The average molecular weight is 432 g/mol. The van der Waals surface area contributed by atoms with E-state index >= 15 is 0 Å². The normalized spacial score (nSPS) is 19.1. The van der Waals surface area contributed by atoms with Gasteiger partial charge >= 0.3 is 0 Å². The van der Waals surface area contributed by atoms with Crippen LogP contribution in [0.15, 0.2) is 24.3 Å². The topological polar surface area (TPSA) is 69.7 Å². The molecule has 3 rings (SSSR count). The minimum absolute atomic E-state index is 0.0199. The lowest BCUT2D eigenvalue weighted by Gasteiger charge is -2.36. The standard InChI is InChI=1S/C24H34FN3O3/c1-17(2)21(26-22(29)18-7-9-20(25)10-8-18)24(31)28-15-11-19(12-16-28)23(30)27-13-5-3-4-6-14-27/h7-10,17,19,21H,3-6,11-16H2,1-2H3,(H,26,29)/t21-/m0/s1. The third kappa shape index (κ3) is 6.05. The molecule has 0 aliphatic carbocycles. The highest BCUT2D eigenvalue weighted by atomic mass is 19.1. The molecule has 31 heavy (non-hydrogen) atoms. The van der Waals surface area contributed by atoms with Gasteiger partial charge in [-0.05, 0) is 55.9 Å². The molecule has 0 aromatic heterocycles. The Morgan fingerprint density at radius 2 is 1.48 bits per heavy atom. The zero-order valence-electron chi connectivity index (χ0n) is 18.6. The molecule has 2 heterocycles. The third-order valence-corrected chi connectivity index (χ3v) is 6.40. The van der Waals surface area contributed by atoms with E-state index in [-0.39, 0.29) is 23.7 Å². The van der Waals surface area contributed by atoms with Crippen LogP contribution in [-0.4, -0.2) is 59.7 Å². The molecule has 1 aromatic carbocycles. The van der Waals surface area contributed by atoms with Gasteiger partial charge in [0.05, 0.1) is 0 Å². The molecule has 3 amide bonds. The molecule has 2 fully saturated rings. The number of carbonyl (C=O) groups is 3. The van der Waals surface area contributed by atoms with Crippen molar-refractivity contribution in [3.8, 4) is 0 Å². The van der Waals surface area contributed by atoms with E-state index in [2.05, 4.69) is 5.32 Å². The number of piperidine rings is 1. The van der Waals surface area contributed by atoms with Gasteiger partial charge in [0, 0.05) is 37.7 Å². The SMILES string of the molecule is CC(C)[C@H](NC(=O)c1ccc(F)cc1)C(=O)N1CCC(C(=O)N2CCCCCC2)CC1. The zero-order valence-corrected chi connectivity index (χ0v) is 18.6. The second-order valence-electron chi connectivity index (χ2n) is 9.04. The van der Waals surface area contributed by atoms with Gasteiger partial charge in [-0.15, -0.1) is 0 Å². The molecule has 2 saturated heterocycles. The lowest BCUT2D eigenvalue weighted by Crippen LogP contribution is -2.53. The summed E-state index contributed by atoms with van der Waals surface area (Å²) >= 11 is 0. The lowest BCUT2D eigenvalue weighted by molar-refractivity contribution is -0.142. The summed E-state index contributed by atoms with van der Waals surface area (Å²) in [5, 5.41) is 2.81. The van der Waals surface area contributed by atoms with Crippen molar-refractivity contribution in [3.05, 3.63) is 35.6 Å². The van der Waals surface area contributed by atoms with E-state index in [1.807, 2.05) is 18.7 Å². The number of nitrogens with zero attached hydrogens (tertiary/aromatic N) is 2. The van der Waals surface area contributed by atoms with Gasteiger partial charge in [-0.2, -0.15) is 0 Å². The molecule has 0 saturated carbocycles. The van der Waals surface area contributed by atoms with E-state index < -0.39 is 17.8 Å². The van der Waals surface area contributed by atoms with Crippen LogP contribution in [0.5, 0.6) is 0 Å². The number of hydrogen-bond acceptors (Lipinski definition) is 3. The van der Waals surface area contributed by atoms with Crippen molar-refractivity contribution in [1.82, 2.24) is 15.1 Å². The second kappa shape index (κ2) is 10.7. The highest BCUT2D eigenvalue weighted by molar-refractivity contribution is 5.97. The number of nitrogens with one attached hydrogen (secondary N) is 1. The molecule has 0 spiro atoms. The van der Waals surface area contributed by atoms with E-state index in [1.165, 1.54) is 37.1 Å². The maximum atomic E-state index is 13.1. The fourth-order valence-electron chi connectivity index (χ4n) is 4.43. The van der Waals surface area contributed by atoms with Crippen LogP contribution in [0.1, 0.15) is 62.7 Å². The van der Waals surface area contributed by atoms with Crippen molar-refractivity contribution in [1.29, 1.82) is 0 Å². The van der Waals surface area contributed by atoms with Gasteiger partial charge in [0.1, 0.15) is 11.9 Å². The molecule has 1 N–H and O–H groups in total. The summed E-state index contributed by atoms with van der Waals surface area (Å²) in [6.07, 6.45) is 5.86. The molecule has 0 radical (unpaired) electrons. The van der Waals surface area contributed by atoms with Crippen molar-refractivity contribution in [2.45, 2.75) is 58.4 Å². The lowest BCUT2D eigenvalue weighted by atomic mass is 9.93. The van der Waals surface area contributed by atoms with Gasteiger partial charge in [0.2, 0.25) is 11.8 Å². The van der Waals surface area contributed by atoms with Crippen LogP contribution < -0.4 is 5.32 Å². The van der Waals surface area contributed by atoms with Gasteiger partial charge in [0.25, 0.3) is 5.91 Å². The van der Waals surface area contributed by atoms with E-state index in [0.29, 0.717) is 31.5 Å². The van der Waals surface area contributed by atoms with Gasteiger partial charge in [-0.25, -0.2) is 4.39 Å². The Morgan fingerprint density at radius 3 is 2.03 bits per heavy atom. The van der Waals surface area contributed by atoms with Crippen LogP contribution in [0, 0.1) is 17.7 Å². The number of likely N-dealkylation sites (tertiary alicyclic amines) is 2. The fraction of sp³-hybridized carbons (Fsp3) is 0.625. The molecule has 1 atom stereocenters. The predicted octanol–water partition coefficient (Wildman–Crippen LogP) is 3.22. The van der Waals surface area contributed by atoms with Crippen molar-refractivity contribution in [3.63, 3.8) is 0 Å². The summed E-state index contributed by atoms with van der Waals surface area (Å²) in [5.41, 5.74) is 0.321. The number of hydrogen-bond donors (Lipinski definition) is 1. The Labute approximate surface area is 184 Å². The molecule has 0 bridgehead atoms. The Hall–Kier alpha value is -2.44. The number of benzene rings is 1. The highest BCUT2D eigenvalue weighted by Crippen LogP contribution is 2.23. The maximum Gasteiger partial charge on any atom is 0.251 e. The summed E-state index contributed by atoms with van der Waals surface area (Å²) in [6.45, 7) is 6.54. The summed E-state index contributed by atoms with van der Waals surface area (Å²) < 4.78 is 13.1. The Morgan fingerprint density at radius 1 is 0.903 bits per heavy atom. The minimum Gasteiger partial charge on any atom is -0.342 e. The molecule has 1 aromatic rings. The summed E-state index contributed by atoms with van der Waals surface area (Å²) in [6, 6.07) is 4.62. The first-order valence-corrected chi connectivity index (χ1v) is 11.5. The Balaban J connectivity index is 1.56. The van der Waals surface area contributed by atoms with E-state index in [0.717, 1.165) is 25.9 Å². The number of amides is 3. The first kappa shape index (κ1) is 23.2. The number of carbonyl (C=O) groups excluding carboxylic acids is 3. The van der Waals surface area contributed by atoms with Gasteiger partial charge in [-0.3, -0.25) is 14.4 Å². The van der Waals surface area contributed by atoms with Crippen molar-refractivity contribution >= 4 is 17.7 Å². The fourth-order valence-corrected chi connectivity index (χ4v) is 4.43. The number of halogens is 1. The monoisotopic (exact) mass is 431 g/mol. The quantitative estimate of drug-likeness (QED) is 0.778. The predicted molar refractivity (Wildman–Crippen MR) is 117 cm³/mol. The number of rotatable bonds is 5. The summed E-state index contributed by atoms with van der Waals surface area (Å²) in [5.74, 6) is -0.795. The van der Waals surface area contributed by atoms with Crippen LogP contribution in [-0.2, 0) is 9.59 Å². The molecular weight excluding hydrogens is 397 g/mol. The highest BCUT2D eigenvalue weighted by Gasteiger charge is 2.34. The molecule has 7 heteroatoms. The van der Waals surface area contributed by atoms with E-state index in [1.54, 1.807) is 4.90 Å². The minimum atomic E-state index is -0.657. The van der Waals surface area contributed by atoms with Crippen LogP contribution in [0.25, 0.3) is 0 Å². The van der Waals surface area contributed by atoms with Crippen LogP contribution >= 0.6 is 0 Å². The molecule has 2 aliphatic rings. The molecule has 170 valence electrons. The largest absolute Gasteiger partial charge is 0.342 e. The Bertz CT molecular complexity index is 765. The van der Waals surface area contributed by atoms with Crippen LogP contribution in [0.2, 0.25) is 0 Å². The first-order valence-electron chi connectivity index (χ1n) is 11.5. The smallest absolute Gasteiger partial charge is 0.251 e. The van der Waals surface area contributed by atoms with Crippen LogP contribution in [0.4, 0.5) is 4.39 Å². The summed E-state index contributed by atoms with van der Waals surface area (Å²) in [4.78, 5) is 42.4. The first-order chi connectivity index (χ1) is 14.9. The molecule has 2 aliphatic heterocycles. The van der Waals surface area contributed by atoms with E-state index in [9.17, 15) is 18.8 Å². The van der Waals surface area contributed by atoms with E-state index in [4.69, 9.17) is 0 Å². The maximum absolute atomic E-state index is 13.1. The molecule has 0 unspecified atom stereocenters. The molecule has 6 nitrogen and oxygen atoms in total. The molecular formula is C24H34FN3O3. The van der Waals surface area contributed by atoms with Gasteiger partial charge in [-0.1, -0.05) is 26.7 Å². The van der Waals surface area contributed by atoms with Crippen molar-refractivity contribution < 1.29 is 18.8 Å². The zero-order chi connectivity index (χ0) is 22.4. The average Bonchev–Trinajstić information content (AvgIpc) is 3.06. The third-order valence-electron chi connectivity index (χ3n) is 6.40. The van der Waals surface area contributed by atoms with Crippen LogP contribution in [0.3, 0.4) is 0 Å². The second-order valence-corrected chi connectivity index (χ2v) is 9.04. The van der Waals surface area contributed by atoms with Crippen molar-refractivity contribution in [2.75, 3.05) is 26.2 Å².